The predicted octanol–water partition coefficient (Wildman–Crippen LogP) is 4.00. The molecule has 112 valence electrons. The minimum absolute atomic E-state index is 0.0238. The maximum absolute atomic E-state index is 9.99. The Morgan fingerprint density at radius 1 is 1.10 bits per heavy atom. The number of ether oxygens (including phenoxy) is 1. The first kappa shape index (κ1) is 16.0. The van der Waals surface area contributed by atoms with Gasteiger partial charge in [0, 0.05) is 16.7 Å². The van der Waals surface area contributed by atoms with E-state index in [1.165, 1.54) is 0 Å². The summed E-state index contributed by atoms with van der Waals surface area (Å²) < 4.78 is 6.69. The molecule has 4 heteroatoms. The molecule has 0 fully saturated rings. The second kappa shape index (κ2) is 8.17. The zero-order valence-corrected chi connectivity index (χ0v) is 13.6. The number of halogens is 1. The summed E-state index contributed by atoms with van der Waals surface area (Å²) in [6, 6.07) is 17.8. The highest BCUT2D eigenvalue weighted by Gasteiger charge is 2.10. The van der Waals surface area contributed by atoms with E-state index in [-0.39, 0.29) is 6.10 Å². The van der Waals surface area contributed by atoms with Gasteiger partial charge in [0.05, 0.1) is 18.8 Å². The second-order valence-electron chi connectivity index (χ2n) is 4.90. The number of aliphatic hydroxyl groups excluding tert-OH is 1. The summed E-state index contributed by atoms with van der Waals surface area (Å²) in [4.78, 5) is 0. The van der Waals surface area contributed by atoms with Gasteiger partial charge >= 0.3 is 0 Å². The van der Waals surface area contributed by atoms with E-state index in [9.17, 15) is 5.11 Å². The molecule has 2 rings (SSSR count). The molecule has 0 saturated heterocycles. The fourth-order valence-electron chi connectivity index (χ4n) is 1.97. The molecule has 0 saturated carbocycles. The van der Waals surface area contributed by atoms with Crippen LogP contribution >= 0.6 is 15.9 Å². The topological polar surface area (TPSA) is 41.5 Å². The molecule has 2 aromatic rings. The summed E-state index contributed by atoms with van der Waals surface area (Å²) in [5, 5.41) is 13.2. The van der Waals surface area contributed by atoms with Crippen molar-refractivity contribution >= 4 is 21.6 Å². The van der Waals surface area contributed by atoms with E-state index in [0.29, 0.717) is 13.2 Å². The first-order chi connectivity index (χ1) is 10.2. The zero-order valence-electron chi connectivity index (χ0n) is 12.0. The van der Waals surface area contributed by atoms with Crippen LogP contribution in [0.5, 0.6) is 0 Å². The number of para-hydroxylation sites is 1. The Bertz CT molecular complexity index is 547. The van der Waals surface area contributed by atoms with Crippen LogP contribution in [0, 0.1) is 0 Å². The van der Waals surface area contributed by atoms with Gasteiger partial charge in [-0.1, -0.05) is 42.5 Å². The highest BCUT2D eigenvalue weighted by atomic mass is 79.9. The Morgan fingerprint density at radius 3 is 2.48 bits per heavy atom. The molecule has 0 aliphatic carbocycles. The van der Waals surface area contributed by atoms with Crippen molar-refractivity contribution in [2.45, 2.75) is 19.1 Å². The smallest absolute Gasteiger partial charge is 0.0945 e. The van der Waals surface area contributed by atoms with Gasteiger partial charge in [-0.2, -0.15) is 0 Å². The lowest BCUT2D eigenvalue weighted by Gasteiger charge is -2.18. The first-order valence-corrected chi connectivity index (χ1v) is 7.79. The van der Waals surface area contributed by atoms with Crippen LogP contribution in [0.15, 0.2) is 59.1 Å². The minimum Gasteiger partial charge on any atom is -0.389 e. The van der Waals surface area contributed by atoms with Crippen LogP contribution in [0.4, 0.5) is 5.69 Å². The Morgan fingerprint density at radius 2 is 1.76 bits per heavy atom. The molecule has 2 unspecified atom stereocenters. The Labute approximate surface area is 134 Å². The highest BCUT2D eigenvalue weighted by molar-refractivity contribution is 9.10. The summed E-state index contributed by atoms with van der Waals surface area (Å²) in [6.07, 6.45) is -0.576. The zero-order chi connectivity index (χ0) is 15.1. The first-order valence-electron chi connectivity index (χ1n) is 7.00. The summed E-state index contributed by atoms with van der Waals surface area (Å²) in [7, 11) is 0. The molecule has 0 spiro atoms. The molecule has 2 atom stereocenters. The third-order valence-corrected chi connectivity index (χ3v) is 3.90. The molecular weight excluding hydrogens is 330 g/mol. The molecule has 0 aliphatic rings. The lowest BCUT2D eigenvalue weighted by atomic mass is 10.1. The number of hydrogen-bond donors (Lipinski definition) is 2. The lowest BCUT2D eigenvalue weighted by Crippen LogP contribution is -2.25. The summed E-state index contributed by atoms with van der Waals surface area (Å²) in [5.74, 6) is 0. The van der Waals surface area contributed by atoms with Crippen LogP contribution in [0.25, 0.3) is 0 Å². The molecular formula is C17H20BrNO2. The van der Waals surface area contributed by atoms with E-state index in [1.54, 1.807) is 0 Å². The normalized spacial score (nSPS) is 13.7. The van der Waals surface area contributed by atoms with E-state index in [4.69, 9.17) is 4.74 Å². The second-order valence-corrected chi connectivity index (χ2v) is 5.76. The third kappa shape index (κ3) is 5.16. The van der Waals surface area contributed by atoms with Crippen molar-refractivity contribution in [1.82, 2.24) is 0 Å². The monoisotopic (exact) mass is 349 g/mol. The number of hydrogen-bond acceptors (Lipinski definition) is 3. The molecule has 0 radical (unpaired) electrons. The molecule has 2 N–H and O–H groups in total. The fourth-order valence-corrected chi connectivity index (χ4v) is 2.39. The predicted molar refractivity (Wildman–Crippen MR) is 89.4 cm³/mol. The van der Waals surface area contributed by atoms with Crippen molar-refractivity contribution < 1.29 is 9.84 Å². The van der Waals surface area contributed by atoms with Crippen molar-refractivity contribution in [3.05, 3.63) is 64.6 Å². The quantitative estimate of drug-likeness (QED) is 0.793. The average Bonchev–Trinajstić information content (AvgIpc) is 2.52. The standard InChI is InChI=1S/C17H20BrNO2/c1-13(14-7-3-2-4-8-14)21-12-15(20)11-19-17-10-6-5-9-16(17)18/h2-10,13,15,19-20H,11-12H2,1H3. The van der Waals surface area contributed by atoms with Gasteiger partial charge in [0.15, 0.2) is 0 Å². The van der Waals surface area contributed by atoms with Gasteiger partial charge < -0.3 is 15.2 Å². The van der Waals surface area contributed by atoms with Crippen LogP contribution < -0.4 is 5.32 Å². The number of aliphatic hydroxyl groups is 1. The van der Waals surface area contributed by atoms with Gasteiger partial charge in [0.25, 0.3) is 0 Å². The number of rotatable bonds is 7. The van der Waals surface area contributed by atoms with Gasteiger partial charge in [0.2, 0.25) is 0 Å². The van der Waals surface area contributed by atoms with Crippen molar-refractivity contribution in [2.75, 3.05) is 18.5 Å². The van der Waals surface area contributed by atoms with Crippen molar-refractivity contribution in [3.8, 4) is 0 Å². The van der Waals surface area contributed by atoms with Crippen LogP contribution in [-0.2, 0) is 4.74 Å². The van der Waals surface area contributed by atoms with Crippen LogP contribution in [0.1, 0.15) is 18.6 Å². The van der Waals surface area contributed by atoms with E-state index in [0.717, 1.165) is 15.7 Å². The van der Waals surface area contributed by atoms with Crippen LogP contribution in [0.3, 0.4) is 0 Å². The maximum atomic E-state index is 9.99. The van der Waals surface area contributed by atoms with Crippen molar-refractivity contribution in [1.29, 1.82) is 0 Å². The number of nitrogens with one attached hydrogen (secondary N) is 1. The Hall–Kier alpha value is -1.36. The summed E-state index contributed by atoms with van der Waals surface area (Å²) in [5.41, 5.74) is 2.08. The third-order valence-electron chi connectivity index (χ3n) is 3.21. The van der Waals surface area contributed by atoms with Crippen molar-refractivity contribution in [3.63, 3.8) is 0 Å². The van der Waals surface area contributed by atoms with Crippen LogP contribution in [0.2, 0.25) is 0 Å². The van der Waals surface area contributed by atoms with Gasteiger partial charge in [-0.15, -0.1) is 0 Å². The summed E-state index contributed by atoms with van der Waals surface area (Å²) in [6.45, 7) is 2.74. The van der Waals surface area contributed by atoms with Gasteiger partial charge in [-0.3, -0.25) is 0 Å². The van der Waals surface area contributed by atoms with E-state index in [1.807, 2.05) is 61.5 Å². The van der Waals surface area contributed by atoms with Crippen LogP contribution in [-0.4, -0.2) is 24.4 Å². The van der Waals surface area contributed by atoms with E-state index < -0.39 is 6.10 Å². The Kier molecular flexibility index (Phi) is 6.23. The lowest BCUT2D eigenvalue weighted by molar-refractivity contribution is 0.00243. The molecule has 0 heterocycles. The molecule has 0 aliphatic heterocycles. The molecule has 0 amide bonds. The van der Waals surface area contributed by atoms with Gasteiger partial charge in [0.1, 0.15) is 0 Å². The fraction of sp³-hybridized carbons (Fsp3) is 0.294. The van der Waals surface area contributed by atoms with Crippen molar-refractivity contribution in [2.24, 2.45) is 0 Å². The molecule has 2 aromatic carbocycles. The highest BCUT2D eigenvalue weighted by Crippen LogP contribution is 2.21. The SMILES string of the molecule is CC(OCC(O)CNc1ccccc1Br)c1ccccc1. The van der Waals surface area contributed by atoms with E-state index in [2.05, 4.69) is 21.2 Å². The maximum Gasteiger partial charge on any atom is 0.0945 e. The minimum atomic E-state index is -0.553. The van der Waals surface area contributed by atoms with Gasteiger partial charge in [-0.25, -0.2) is 0 Å². The molecule has 0 bridgehead atoms. The largest absolute Gasteiger partial charge is 0.389 e. The molecule has 3 nitrogen and oxygen atoms in total. The number of benzene rings is 2. The van der Waals surface area contributed by atoms with E-state index >= 15 is 0 Å². The van der Waals surface area contributed by atoms with Gasteiger partial charge in [-0.05, 0) is 40.5 Å². The molecule has 21 heavy (non-hydrogen) atoms. The molecule has 0 aromatic heterocycles. The number of anilines is 1. The summed E-state index contributed by atoms with van der Waals surface area (Å²) >= 11 is 3.46. The Balaban J connectivity index is 1.75. The average molecular weight is 350 g/mol.